The maximum Gasteiger partial charge on any atom is 0.270 e. The molecular weight excluding hydrogens is 262 g/mol. The quantitative estimate of drug-likeness (QED) is 0.862. The van der Waals surface area contributed by atoms with Gasteiger partial charge in [-0.2, -0.15) is 5.10 Å². The Morgan fingerprint density at radius 3 is 3.00 bits per heavy atom. The summed E-state index contributed by atoms with van der Waals surface area (Å²) < 4.78 is 1.70. The maximum atomic E-state index is 11.9. The van der Waals surface area contributed by atoms with E-state index in [2.05, 4.69) is 27.3 Å². The molecule has 0 saturated heterocycles. The van der Waals surface area contributed by atoms with E-state index in [9.17, 15) is 4.79 Å². The first-order valence-electron chi connectivity index (χ1n) is 6.26. The molecule has 0 aliphatic carbocycles. The summed E-state index contributed by atoms with van der Waals surface area (Å²) in [6, 6.07) is 0. The van der Waals surface area contributed by atoms with Crippen LogP contribution in [0.2, 0.25) is 0 Å². The number of thiazole rings is 1. The SMILES string of the molecule is CCCc1nc(C(=O)NCCc2ncnn2C)cs1. The molecule has 0 saturated carbocycles. The Kier molecular flexibility index (Phi) is 4.62. The van der Waals surface area contributed by atoms with E-state index >= 15 is 0 Å². The monoisotopic (exact) mass is 279 g/mol. The molecule has 2 heterocycles. The lowest BCUT2D eigenvalue weighted by Gasteiger charge is -2.02. The number of rotatable bonds is 6. The predicted molar refractivity (Wildman–Crippen MR) is 73.1 cm³/mol. The Labute approximate surface area is 115 Å². The zero-order valence-corrected chi connectivity index (χ0v) is 11.9. The molecule has 1 amide bonds. The molecule has 2 rings (SSSR count). The fourth-order valence-electron chi connectivity index (χ4n) is 1.67. The van der Waals surface area contributed by atoms with Crippen LogP contribution in [0.4, 0.5) is 0 Å². The van der Waals surface area contributed by atoms with Crippen LogP contribution in [-0.4, -0.2) is 32.2 Å². The first kappa shape index (κ1) is 13.7. The van der Waals surface area contributed by atoms with E-state index in [0.717, 1.165) is 23.7 Å². The molecular formula is C12H17N5OS. The van der Waals surface area contributed by atoms with E-state index in [1.165, 1.54) is 17.7 Å². The Morgan fingerprint density at radius 1 is 1.47 bits per heavy atom. The fourth-order valence-corrected chi connectivity index (χ4v) is 2.55. The van der Waals surface area contributed by atoms with E-state index in [1.54, 1.807) is 4.68 Å². The Morgan fingerprint density at radius 2 is 2.32 bits per heavy atom. The maximum absolute atomic E-state index is 11.9. The van der Waals surface area contributed by atoms with Crippen molar-refractivity contribution in [3.63, 3.8) is 0 Å². The van der Waals surface area contributed by atoms with Crippen molar-refractivity contribution in [1.29, 1.82) is 0 Å². The van der Waals surface area contributed by atoms with E-state index in [4.69, 9.17) is 0 Å². The lowest BCUT2D eigenvalue weighted by molar-refractivity contribution is 0.0949. The molecule has 2 aromatic heterocycles. The number of aromatic nitrogens is 4. The first-order valence-corrected chi connectivity index (χ1v) is 7.14. The minimum Gasteiger partial charge on any atom is -0.350 e. The molecule has 2 aromatic rings. The number of nitrogens with one attached hydrogen (secondary N) is 1. The normalized spacial score (nSPS) is 10.6. The molecule has 6 nitrogen and oxygen atoms in total. The highest BCUT2D eigenvalue weighted by molar-refractivity contribution is 7.09. The van der Waals surface area contributed by atoms with Crippen molar-refractivity contribution in [3.05, 3.63) is 28.2 Å². The van der Waals surface area contributed by atoms with Crippen molar-refractivity contribution in [2.24, 2.45) is 7.05 Å². The third kappa shape index (κ3) is 3.60. The lowest BCUT2D eigenvalue weighted by atomic mass is 10.3. The van der Waals surface area contributed by atoms with Crippen molar-refractivity contribution in [3.8, 4) is 0 Å². The van der Waals surface area contributed by atoms with Gasteiger partial charge in [-0.15, -0.1) is 11.3 Å². The number of hydrogen-bond donors (Lipinski definition) is 1. The molecule has 0 aliphatic rings. The Balaban J connectivity index is 1.82. The summed E-state index contributed by atoms with van der Waals surface area (Å²) in [4.78, 5) is 20.3. The van der Waals surface area contributed by atoms with Gasteiger partial charge in [-0.25, -0.2) is 9.97 Å². The second kappa shape index (κ2) is 6.42. The average molecular weight is 279 g/mol. The summed E-state index contributed by atoms with van der Waals surface area (Å²) in [6.45, 7) is 2.63. The van der Waals surface area contributed by atoms with Gasteiger partial charge in [0.1, 0.15) is 17.8 Å². The number of nitrogens with zero attached hydrogens (tertiary/aromatic N) is 4. The fraction of sp³-hybridized carbons (Fsp3) is 0.500. The van der Waals surface area contributed by atoms with Crippen LogP contribution in [-0.2, 0) is 19.9 Å². The summed E-state index contributed by atoms with van der Waals surface area (Å²) in [6.07, 6.45) is 4.14. The number of aryl methyl sites for hydroxylation is 2. The summed E-state index contributed by atoms with van der Waals surface area (Å²) in [5.41, 5.74) is 0.506. The summed E-state index contributed by atoms with van der Waals surface area (Å²) in [5, 5.41) is 9.65. The summed E-state index contributed by atoms with van der Waals surface area (Å²) in [7, 11) is 1.83. The van der Waals surface area contributed by atoms with Crippen LogP contribution in [0.25, 0.3) is 0 Å². The van der Waals surface area contributed by atoms with E-state index in [0.29, 0.717) is 18.7 Å². The molecule has 102 valence electrons. The molecule has 0 atom stereocenters. The minimum atomic E-state index is -0.124. The summed E-state index contributed by atoms with van der Waals surface area (Å²) >= 11 is 1.54. The number of carbonyl (C=O) groups excluding carboxylic acids is 1. The van der Waals surface area contributed by atoms with Gasteiger partial charge in [-0.3, -0.25) is 9.48 Å². The molecule has 0 aliphatic heterocycles. The smallest absolute Gasteiger partial charge is 0.270 e. The molecule has 0 fully saturated rings. The Bertz CT molecular complexity index is 548. The largest absolute Gasteiger partial charge is 0.350 e. The molecule has 19 heavy (non-hydrogen) atoms. The topological polar surface area (TPSA) is 72.7 Å². The molecule has 0 aromatic carbocycles. The van der Waals surface area contributed by atoms with Gasteiger partial charge < -0.3 is 5.32 Å². The zero-order chi connectivity index (χ0) is 13.7. The third-order valence-electron chi connectivity index (χ3n) is 2.69. The van der Waals surface area contributed by atoms with Crippen molar-refractivity contribution in [1.82, 2.24) is 25.1 Å². The number of amides is 1. The number of carbonyl (C=O) groups is 1. The van der Waals surface area contributed by atoms with Crippen LogP contribution in [0.3, 0.4) is 0 Å². The van der Waals surface area contributed by atoms with E-state index in [1.807, 2.05) is 12.4 Å². The van der Waals surface area contributed by atoms with Crippen molar-refractivity contribution >= 4 is 17.2 Å². The van der Waals surface area contributed by atoms with Crippen LogP contribution < -0.4 is 5.32 Å². The lowest BCUT2D eigenvalue weighted by Crippen LogP contribution is -2.26. The average Bonchev–Trinajstić information content (AvgIpc) is 3.00. The zero-order valence-electron chi connectivity index (χ0n) is 11.1. The predicted octanol–water partition coefficient (Wildman–Crippen LogP) is 1.20. The second-order valence-electron chi connectivity index (χ2n) is 4.18. The van der Waals surface area contributed by atoms with E-state index in [-0.39, 0.29) is 5.91 Å². The van der Waals surface area contributed by atoms with Gasteiger partial charge in [0.2, 0.25) is 0 Å². The van der Waals surface area contributed by atoms with Gasteiger partial charge >= 0.3 is 0 Å². The molecule has 1 N–H and O–H groups in total. The molecule has 0 radical (unpaired) electrons. The van der Waals surface area contributed by atoms with Crippen LogP contribution in [0.1, 0.15) is 34.7 Å². The van der Waals surface area contributed by atoms with Crippen molar-refractivity contribution < 1.29 is 4.79 Å². The highest BCUT2D eigenvalue weighted by Crippen LogP contribution is 2.11. The number of hydrogen-bond acceptors (Lipinski definition) is 5. The van der Waals surface area contributed by atoms with Crippen LogP contribution in [0, 0.1) is 0 Å². The molecule has 0 spiro atoms. The van der Waals surface area contributed by atoms with Crippen LogP contribution >= 0.6 is 11.3 Å². The van der Waals surface area contributed by atoms with Gasteiger partial charge in [-0.1, -0.05) is 6.92 Å². The first-order chi connectivity index (χ1) is 9.20. The molecule has 7 heteroatoms. The van der Waals surface area contributed by atoms with Gasteiger partial charge in [0, 0.05) is 25.4 Å². The van der Waals surface area contributed by atoms with Gasteiger partial charge in [0.15, 0.2) is 0 Å². The van der Waals surface area contributed by atoms with Gasteiger partial charge in [0.05, 0.1) is 5.01 Å². The highest BCUT2D eigenvalue weighted by Gasteiger charge is 2.10. The van der Waals surface area contributed by atoms with E-state index < -0.39 is 0 Å². The van der Waals surface area contributed by atoms with Crippen LogP contribution in [0.5, 0.6) is 0 Å². The highest BCUT2D eigenvalue weighted by atomic mass is 32.1. The second-order valence-corrected chi connectivity index (χ2v) is 5.12. The molecule has 0 bridgehead atoms. The molecule has 0 unspecified atom stereocenters. The third-order valence-corrected chi connectivity index (χ3v) is 3.60. The van der Waals surface area contributed by atoms with Crippen molar-refractivity contribution in [2.75, 3.05) is 6.54 Å². The van der Waals surface area contributed by atoms with Crippen LogP contribution in [0.15, 0.2) is 11.7 Å². The standard InChI is InChI=1S/C12H17N5OS/c1-3-4-11-16-9(7-19-11)12(18)13-6-5-10-14-8-15-17(10)2/h7-8H,3-6H2,1-2H3,(H,13,18). The van der Waals surface area contributed by atoms with Crippen molar-refractivity contribution in [2.45, 2.75) is 26.2 Å². The van der Waals surface area contributed by atoms with Gasteiger partial charge in [-0.05, 0) is 12.8 Å². The Hall–Kier alpha value is -1.76. The van der Waals surface area contributed by atoms with Gasteiger partial charge in [0.25, 0.3) is 5.91 Å². The summed E-state index contributed by atoms with van der Waals surface area (Å²) in [5.74, 6) is 0.728. The minimum absolute atomic E-state index is 0.124.